The SMILES string of the molecule is Cc1c([C@@H]2[C@@H](c3ccccn3)NC(=S)N2C)c(C)n(-c2cccc(Cl)c2)c1C. The fourth-order valence-corrected chi connectivity index (χ4v) is 4.69. The maximum atomic E-state index is 6.26. The van der Waals surface area contributed by atoms with E-state index in [1.807, 2.05) is 43.6 Å². The number of aromatic nitrogens is 2. The van der Waals surface area contributed by atoms with Gasteiger partial charge in [-0.05, 0) is 68.9 Å². The molecule has 0 radical (unpaired) electrons. The molecule has 1 aliphatic heterocycles. The van der Waals surface area contributed by atoms with Crippen molar-refractivity contribution in [3.8, 4) is 5.69 Å². The highest BCUT2D eigenvalue weighted by Gasteiger charge is 2.40. The Kier molecular flexibility index (Phi) is 4.89. The van der Waals surface area contributed by atoms with Gasteiger partial charge in [0, 0.05) is 40.9 Å². The van der Waals surface area contributed by atoms with Crippen LogP contribution in [0.3, 0.4) is 0 Å². The highest BCUT2D eigenvalue weighted by Crippen LogP contribution is 2.42. The Morgan fingerprint density at radius 3 is 2.54 bits per heavy atom. The number of nitrogens with zero attached hydrogens (tertiary/aromatic N) is 3. The van der Waals surface area contributed by atoms with Crippen LogP contribution < -0.4 is 5.32 Å². The average molecular weight is 411 g/mol. The molecule has 3 heterocycles. The molecule has 1 N–H and O–H groups in total. The van der Waals surface area contributed by atoms with Gasteiger partial charge >= 0.3 is 0 Å². The molecule has 0 saturated carbocycles. The average Bonchev–Trinajstić information content (AvgIpc) is 3.09. The van der Waals surface area contributed by atoms with Crippen molar-refractivity contribution >= 4 is 28.9 Å². The van der Waals surface area contributed by atoms with E-state index in [1.54, 1.807) is 0 Å². The second-order valence-electron chi connectivity index (χ2n) is 7.26. The predicted molar refractivity (Wildman–Crippen MR) is 118 cm³/mol. The molecule has 4 rings (SSSR count). The minimum absolute atomic E-state index is 0.00529. The van der Waals surface area contributed by atoms with E-state index in [0.717, 1.165) is 21.5 Å². The lowest BCUT2D eigenvalue weighted by atomic mass is 9.94. The van der Waals surface area contributed by atoms with Gasteiger partial charge in [0.2, 0.25) is 0 Å². The van der Waals surface area contributed by atoms with Crippen molar-refractivity contribution < 1.29 is 0 Å². The lowest BCUT2D eigenvalue weighted by molar-refractivity contribution is 0.366. The van der Waals surface area contributed by atoms with E-state index < -0.39 is 0 Å². The van der Waals surface area contributed by atoms with E-state index in [0.29, 0.717) is 0 Å². The highest BCUT2D eigenvalue weighted by atomic mass is 35.5. The van der Waals surface area contributed by atoms with Gasteiger partial charge in [0.05, 0.1) is 17.8 Å². The lowest BCUT2D eigenvalue weighted by Gasteiger charge is -2.25. The molecule has 1 aliphatic rings. The van der Waals surface area contributed by atoms with Crippen LogP contribution >= 0.6 is 23.8 Å². The largest absolute Gasteiger partial charge is 0.352 e. The molecule has 0 bridgehead atoms. The van der Waals surface area contributed by atoms with Crippen molar-refractivity contribution in [1.82, 2.24) is 19.8 Å². The number of hydrogen-bond acceptors (Lipinski definition) is 2. The van der Waals surface area contributed by atoms with Gasteiger partial charge in [-0.2, -0.15) is 0 Å². The number of rotatable bonds is 3. The number of benzene rings is 1. The first kappa shape index (κ1) is 19.0. The molecule has 0 amide bonds. The number of hydrogen-bond donors (Lipinski definition) is 1. The molecule has 0 unspecified atom stereocenters. The van der Waals surface area contributed by atoms with Crippen LogP contribution in [0.1, 0.15) is 40.3 Å². The summed E-state index contributed by atoms with van der Waals surface area (Å²) in [6.07, 6.45) is 1.83. The maximum absolute atomic E-state index is 6.26. The molecule has 1 aromatic carbocycles. The first-order chi connectivity index (χ1) is 13.4. The number of thiocarbonyl (C=S) groups is 1. The Labute approximate surface area is 176 Å². The summed E-state index contributed by atoms with van der Waals surface area (Å²) < 4.78 is 2.28. The standard InChI is InChI=1S/C22H23ClN4S/c1-13-14(2)27(17-9-7-8-16(23)12-17)15(3)19(13)21-20(25-22(28)26(21)4)18-10-5-6-11-24-18/h5-12,20-21H,1-4H3,(H,25,28)/t20-,21-/m1/s1. The van der Waals surface area contributed by atoms with Gasteiger partial charge in [-0.25, -0.2) is 0 Å². The van der Waals surface area contributed by atoms with E-state index in [-0.39, 0.29) is 12.1 Å². The Hall–Kier alpha value is -2.37. The molecule has 144 valence electrons. The normalized spacial score (nSPS) is 19.2. The molecule has 28 heavy (non-hydrogen) atoms. The van der Waals surface area contributed by atoms with Gasteiger partial charge in [-0.1, -0.05) is 23.7 Å². The second kappa shape index (κ2) is 7.22. The summed E-state index contributed by atoms with van der Waals surface area (Å²) in [5.41, 5.74) is 7.01. The highest BCUT2D eigenvalue weighted by molar-refractivity contribution is 7.80. The van der Waals surface area contributed by atoms with Crippen molar-refractivity contribution in [3.05, 3.63) is 81.9 Å². The summed E-state index contributed by atoms with van der Waals surface area (Å²) in [5, 5.41) is 4.94. The van der Waals surface area contributed by atoms with Crippen molar-refractivity contribution in [1.29, 1.82) is 0 Å². The molecule has 2 atom stereocenters. The number of likely N-dealkylation sites (N-methyl/N-ethyl adjacent to an activating group) is 1. The summed E-state index contributed by atoms with van der Waals surface area (Å²) in [5.74, 6) is 0. The zero-order valence-corrected chi connectivity index (χ0v) is 18.0. The number of pyridine rings is 1. The minimum atomic E-state index is 0.00529. The summed E-state index contributed by atoms with van der Waals surface area (Å²) in [6.45, 7) is 6.51. The zero-order valence-electron chi connectivity index (χ0n) is 16.4. The number of nitrogens with one attached hydrogen (secondary N) is 1. The Bertz CT molecular complexity index is 1040. The third-order valence-electron chi connectivity index (χ3n) is 5.71. The maximum Gasteiger partial charge on any atom is 0.169 e. The molecule has 4 nitrogen and oxygen atoms in total. The fourth-order valence-electron chi connectivity index (χ4n) is 4.26. The van der Waals surface area contributed by atoms with Gasteiger partial charge in [0.25, 0.3) is 0 Å². The van der Waals surface area contributed by atoms with Gasteiger partial charge < -0.3 is 14.8 Å². The summed E-state index contributed by atoms with van der Waals surface area (Å²) in [6, 6.07) is 14.1. The molecule has 1 fully saturated rings. The van der Waals surface area contributed by atoms with Crippen LogP contribution in [0.5, 0.6) is 0 Å². The van der Waals surface area contributed by atoms with E-state index in [1.165, 1.54) is 22.5 Å². The van der Waals surface area contributed by atoms with Gasteiger partial charge in [0.1, 0.15) is 0 Å². The van der Waals surface area contributed by atoms with Crippen molar-refractivity contribution in [3.63, 3.8) is 0 Å². The van der Waals surface area contributed by atoms with Crippen molar-refractivity contribution in [2.75, 3.05) is 7.05 Å². The van der Waals surface area contributed by atoms with Crippen LogP contribution in [0.4, 0.5) is 0 Å². The molecule has 0 spiro atoms. The first-order valence-electron chi connectivity index (χ1n) is 9.28. The van der Waals surface area contributed by atoms with Crippen LogP contribution in [-0.4, -0.2) is 26.6 Å². The molecule has 3 aromatic rings. The van der Waals surface area contributed by atoms with Gasteiger partial charge in [-0.15, -0.1) is 0 Å². The zero-order chi connectivity index (χ0) is 20.0. The molecule has 1 saturated heterocycles. The van der Waals surface area contributed by atoms with E-state index >= 15 is 0 Å². The van der Waals surface area contributed by atoms with E-state index in [2.05, 4.69) is 52.7 Å². The Balaban J connectivity index is 1.88. The van der Waals surface area contributed by atoms with Gasteiger partial charge in [0.15, 0.2) is 5.11 Å². The van der Waals surface area contributed by atoms with Gasteiger partial charge in [-0.3, -0.25) is 4.98 Å². The summed E-state index contributed by atoms with van der Waals surface area (Å²) in [4.78, 5) is 6.74. The summed E-state index contributed by atoms with van der Waals surface area (Å²) in [7, 11) is 2.05. The third kappa shape index (κ3) is 2.99. The monoisotopic (exact) mass is 410 g/mol. The predicted octanol–water partition coefficient (Wildman–Crippen LogP) is 5.05. The van der Waals surface area contributed by atoms with Crippen LogP contribution in [0, 0.1) is 20.8 Å². The van der Waals surface area contributed by atoms with Crippen LogP contribution in [-0.2, 0) is 0 Å². The van der Waals surface area contributed by atoms with E-state index in [4.69, 9.17) is 23.8 Å². The lowest BCUT2D eigenvalue weighted by Crippen LogP contribution is -2.25. The van der Waals surface area contributed by atoms with Crippen molar-refractivity contribution in [2.24, 2.45) is 0 Å². The Morgan fingerprint density at radius 2 is 1.86 bits per heavy atom. The van der Waals surface area contributed by atoms with E-state index in [9.17, 15) is 0 Å². The third-order valence-corrected chi connectivity index (χ3v) is 6.35. The van der Waals surface area contributed by atoms with Crippen molar-refractivity contribution in [2.45, 2.75) is 32.9 Å². The smallest absolute Gasteiger partial charge is 0.169 e. The molecular weight excluding hydrogens is 388 g/mol. The summed E-state index contributed by atoms with van der Waals surface area (Å²) >= 11 is 11.9. The fraction of sp³-hybridized carbons (Fsp3) is 0.273. The molecular formula is C22H23ClN4S. The molecule has 2 aromatic heterocycles. The number of halogens is 1. The molecule has 6 heteroatoms. The quantitative estimate of drug-likeness (QED) is 0.612. The first-order valence-corrected chi connectivity index (χ1v) is 10.1. The Morgan fingerprint density at radius 1 is 1.07 bits per heavy atom. The minimum Gasteiger partial charge on any atom is -0.352 e. The molecule has 0 aliphatic carbocycles. The topological polar surface area (TPSA) is 33.1 Å². The van der Waals surface area contributed by atoms with Crippen LogP contribution in [0.25, 0.3) is 5.69 Å². The second-order valence-corrected chi connectivity index (χ2v) is 8.09. The van der Waals surface area contributed by atoms with Crippen LogP contribution in [0.2, 0.25) is 5.02 Å². The van der Waals surface area contributed by atoms with Crippen LogP contribution in [0.15, 0.2) is 48.7 Å².